The fraction of sp³-hybridized carbons (Fsp3) is 0.0345. The van der Waals surface area contributed by atoms with E-state index in [4.69, 9.17) is 15.6 Å². The van der Waals surface area contributed by atoms with Crippen molar-refractivity contribution in [2.24, 2.45) is 10.8 Å². The van der Waals surface area contributed by atoms with Crippen LogP contribution in [0.15, 0.2) is 119 Å². The molecule has 0 aliphatic carbocycles. The maximum absolute atomic E-state index is 6.68. The van der Waals surface area contributed by atoms with E-state index in [9.17, 15) is 0 Å². The average Bonchev–Trinajstić information content (AvgIpc) is 2.90. The van der Waals surface area contributed by atoms with Crippen molar-refractivity contribution in [3.05, 3.63) is 130 Å². The lowest BCUT2D eigenvalue weighted by atomic mass is 9.94. The van der Waals surface area contributed by atoms with Crippen molar-refractivity contribution in [3.8, 4) is 11.5 Å². The van der Waals surface area contributed by atoms with Gasteiger partial charge < -0.3 is 10.5 Å². The molecule has 6 rings (SSSR count). The van der Waals surface area contributed by atoms with Crippen LogP contribution in [-0.4, -0.2) is 10.7 Å². The monoisotopic (exact) mass is 520 g/mol. The number of hydrogen-bond acceptors (Lipinski definition) is 5. The number of ether oxygens (including phenoxy) is 1. The summed E-state index contributed by atoms with van der Waals surface area (Å²) in [6.45, 7) is 0. The molecule has 170 valence electrons. The molecule has 0 amide bonds. The SMILES string of the molecule is NC1c2ccccc2C(c2ccccc2)=NN1c1ccc(Oc2ccnc3ccc(Br)cc23)cc1. The fourth-order valence-electron chi connectivity index (χ4n) is 4.33. The third kappa shape index (κ3) is 4.07. The lowest BCUT2D eigenvalue weighted by molar-refractivity contribution is 0.487. The second-order valence-electron chi connectivity index (χ2n) is 8.26. The fourth-order valence-corrected chi connectivity index (χ4v) is 4.69. The van der Waals surface area contributed by atoms with Crippen LogP contribution >= 0.6 is 15.9 Å². The van der Waals surface area contributed by atoms with Gasteiger partial charge in [-0.3, -0.25) is 4.98 Å². The van der Waals surface area contributed by atoms with Gasteiger partial charge in [0.05, 0.1) is 16.9 Å². The Morgan fingerprint density at radius 1 is 0.829 bits per heavy atom. The van der Waals surface area contributed by atoms with Crippen molar-refractivity contribution < 1.29 is 4.74 Å². The van der Waals surface area contributed by atoms with Gasteiger partial charge in [-0.2, -0.15) is 5.10 Å². The zero-order chi connectivity index (χ0) is 23.8. The number of rotatable bonds is 4. The van der Waals surface area contributed by atoms with Crippen LogP contribution in [0.25, 0.3) is 10.9 Å². The highest BCUT2D eigenvalue weighted by Crippen LogP contribution is 2.35. The average molecular weight is 521 g/mol. The van der Waals surface area contributed by atoms with Crippen LogP contribution in [-0.2, 0) is 0 Å². The number of benzene rings is 4. The van der Waals surface area contributed by atoms with Crippen LogP contribution in [0.5, 0.6) is 11.5 Å². The van der Waals surface area contributed by atoms with Gasteiger partial charge in [0.15, 0.2) is 0 Å². The van der Waals surface area contributed by atoms with Gasteiger partial charge in [0, 0.05) is 32.7 Å². The Morgan fingerprint density at radius 2 is 1.60 bits per heavy atom. The molecular formula is C29H21BrN4O. The largest absolute Gasteiger partial charge is 0.457 e. The van der Waals surface area contributed by atoms with Crippen LogP contribution in [0, 0.1) is 0 Å². The summed E-state index contributed by atoms with van der Waals surface area (Å²) in [6, 6.07) is 34.0. The van der Waals surface area contributed by atoms with E-state index in [0.717, 1.165) is 55.0 Å². The highest BCUT2D eigenvalue weighted by molar-refractivity contribution is 9.10. The summed E-state index contributed by atoms with van der Waals surface area (Å²) >= 11 is 3.53. The number of anilines is 1. The molecule has 0 saturated heterocycles. The van der Waals surface area contributed by atoms with E-state index in [1.165, 1.54) is 0 Å². The van der Waals surface area contributed by atoms with Crippen LogP contribution in [0.3, 0.4) is 0 Å². The summed E-state index contributed by atoms with van der Waals surface area (Å²) in [5, 5.41) is 7.79. The Hall–Kier alpha value is -4.00. The minimum absolute atomic E-state index is 0.396. The van der Waals surface area contributed by atoms with Crippen molar-refractivity contribution >= 4 is 38.2 Å². The summed E-state index contributed by atoms with van der Waals surface area (Å²) < 4.78 is 7.19. The van der Waals surface area contributed by atoms with Crippen LogP contribution in [0.4, 0.5) is 5.69 Å². The number of pyridine rings is 1. The van der Waals surface area contributed by atoms with E-state index in [-0.39, 0.29) is 0 Å². The summed E-state index contributed by atoms with van der Waals surface area (Å²) in [5.74, 6) is 1.47. The third-order valence-corrected chi connectivity index (χ3v) is 6.54. The van der Waals surface area contributed by atoms with E-state index >= 15 is 0 Å². The zero-order valence-corrected chi connectivity index (χ0v) is 20.3. The molecule has 0 saturated carbocycles. The molecular weight excluding hydrogens is 500 g/mol. The maximum atomic E-state index is 6.68. The molecule has 1 aliphatic heterocycles. The molecule has 5 aromatic rings. The second kappa shape index (κ2) is 8.98. The molecule has 2 N–H and O–H groups in total. The van der Waals surface area contributed by atoms with Gasteiger partial charge in [-0.15, -0.1) is 0 Å². The third-order valence-electron chi connectivity index (χ3n) is 6.05. The van der Waals surface area contributed by atoms with Crippen molar-refractivity contribution in [3.63, 3.8) is 0 Å². The Balaban J connectivity index is 1.34. The minimum atomic E-state index is -0.396. The highest BCUT2D eigenvalue weighted by Gasteiger charge is 2.27. The zero-order valence-electron chi connectivity index (χ0n) is 18.7. The van der Waals surface area contributed by atoms with Gasteiger partial charge in [-0.1, -0.05) is 70.5 Å². The first kappa shape index (κ1) is 21.5. The van der Waals surface area contributed by atoms with E-state index < -0.39 is 6.17 Å². The van der Waals surface area contributed by atoms with E-state index in [1.54, 1.807) is 6.20 Å². The molecule has 1 atom stereocenters. The van der Waals surface area contributed by atoms with E-state index in [1.807, 2.05) is 83.9 Å². The van der Waals surface area contributed by atoms with Gasteiger partial charge in [0.25, 0.3) is 0 Å². The normalized spacial score (nSPS) is 15.0. The molecule has 6 heteroatoms. The Bertz CT molecular complexity index is 1550. The Morgan fingerprint density at radius 3 is 2.43 bits per heavy atom. The van der Waals surface area contributed by atoms with Crippen molar-refractivity contribution in [1.29, 1.82) is 0 Å². The molecule has 0 bridgehead atoms. The number of nitrogens with two attached hydrogens (primary N) is 1. The predicted molar refractivity (Wildman–Crippen MR) is 144 cm³/mol. The van der Waals surface area contributed by atoms with Gasteiger partial charge in [0.2, 0.25) is 0 Å². The summed E-state index contributed by atoms with van der Waals surface area (Å²) in [7, 11) is 0. The number of fused-ring (bicyclic) bond motifs is 2. The summed E-state index contributed by atoms with van der Waals surface area (Å²) in [6.07, 6.45) is 1.36. The second-order valence-corrected chi connectivity index (χ2v) is 9.17. The van der Waals surface area contributed by atoms with Crippen LogP contribution in [0.2, 0.25) is 0 Å². The lowest BCUT2D eigenvalue weighted by Crippen LogP contribution is -2.36. The molecule has 5 nitrogen and oxygen atoms in total. The molecule has 35 heavy (non-hydrogen) atoms. The van der Waals surface area contributed by atoms with E-state index in [0.29, 0.717) is 0 Å². The van der Waals surface area contributed by atoms with Crippen LogP contribution < -0.4 is 15.5 Å². The Labute approximate surface area is 211 Å². The highest BCUT2D eigenvalue weighted by atomic mass is 79.9. The standard InChI is InChI=1S/C29H21BrN4O/c30-20-10-15-26-25(18-20)27(16-17-32-26)35-22-13-11-21(12-14-22)34-29(31)24-9-5-4-8-23(24)28(33-34)19-6-2-1-3-7-19/h1-18,29H,31H2. The van der Waals surface area contributed by atoms with Gasteiger partial charge >= 0.3 is 0 Å². The minimum Gasteiger partial charge on any atom is -0.457 e. The van der Waals surface area contributed by atoms with Gasteiger partial charge in [0.1, 0.15) is 17.7 Å². The predicted octanol–water partition coefficient (Wildman–Crippen LogP) is 7.02. The first-order valence-electron chi connectivity index (χ1n) is 11.3. The molecule has 4 aromatic carbocycles. The lowest BCUT2D eigenvalue weighted by Gasteiger charge is -2.33. The smallest absolute Gasteiger partial charge is 0.138 e. The van der Waals surface area contributed by atoms with Crippen LogP contribution in [0.1, 0.15) is 22.9 Å². The molecule has 1 aromatic heterocycles. The summed E-state index contributed by atoms with van der Waals surface area (Å²) in [5.41, 5.74) is 12.5. The van der Waals surface area contributed by atoms with Gasteiger partial charge in [-0.25, -0.2) is 5.01 Å². The number of halogens is 1. The molecule has 1 aliphatic rings. The van der Waals surface area contributed by atoms with Gasteiger partial charge in [-0.05, 0) is 48.5 Å². The molecule has 2 heterocycles. The molecule has 0 radical (unpaired) electrons. The van der Waals surface area contributed by atoms with Crippen molar-refractivity contribution in [2.45, 2.75) is 6.17 Å². The number of nitrogens with zero attached hydrogens (tertiary/aromatic N) is 3. The number of aromatic nitrogens is 1. The first-order valence-corrected chi connectivity index (χ1v) is 12.1. The van der Waals surface area contributed by atoms with E-state index in [2.05, 4.69) is 45.2 Å². The quantitative estimate of drug-likeness (QED) is 0.276. The van der Waals surface area contributed by atoms with Crippen molar-refractivity contribution in [1.82, 2.24) is 4.98 Å². The first-order chi connectivity index (χ1) is 17.2. The molecule has 0 fully saturated rings. The number of hydrogen-bond donors (Lipinski definition) is 1. The topological polar surface area (TPSA) is 63.7 Å². The Kier molecular flexibility index (Phi) is 5.52. The summed E-state index contributed by atoms with van der Waals surface area (Å²) in [4.78, 5) is 4.42. The maximum Gasteiger partial charge on any atom is 0.138 e. The molecule has 1 unspecified atom stereocenters. The molecule has 0 spiro atoms. The van der Waals surface area contributed by atoms with Crippen molar-refractivity contribution in [2.75, 3.05) is 5.01 Å². The number of hydrazone groups is 1.